The minimum absolute atomic E-state index is 0.0770. The molecule has 5 rings (SSSR count). The smallest absolute Gasteiger partial charge is 0.429 e. The molecule has 2 aromatic carbocycles. The van der Waals surface area contributed by atoms with E-state index in [2.05, 4.69) is 15.3 Å². The second kappa shape index (κ2) is 11.2. The molecule has 0 radical (unpaired) electrons. The fraction of sp³-hybridized carbons (Fsp3) is 0.370. The quantitative estimate of drug-likeness (QED) is 0.247. The van der Waals surface area contributed by atoms with Crippen LogP contribution in [-0.4, -0.2) is 57.8 Å². The Kier molecular flexibility index (Phi) is 7.86. The van der Waals surface area contributed by atoms with Crippen LogP contribution in [0.3, 0.4) is 0 Å². The highest BCUT2D eigenvalue weighted by Gasteiger charge is 2.46. The molecule has 222 valence electrons. The third-order valence-electron chi connectivity index (χ3n) is 7.74. The van der Waals surface area contributed by atoms with Crippen molar-refractivity contribution in [1.29, 1.82) is 0 Å². The van der Waals surface area contributed by atoms with E-state index in [1.165, 1.54) is 48.5 Å². The Morgan fingerprint density at radius 2 is 1.88 bits per heavy atom. The normalized spacial score (nSPS) is 19.0. The third-order valence-corrected chi connectivity index (χ3v) is 7.97. The summed E-state index contributed by atoms with van der Waals surface area (Å²) in [5, 5.41) is 23.6. The van der Waals surface area contributed by atoms with Gasteiger partial charge in [0.05, 0.1) is 4.92 Å². The maximum Gasteiger partial charge on any atom is 0.429 e. The zero-order valence-electron chi connectivity index (χ0n) is 22.0. The minimum Gasteiger partial charge on any atom is -0.480 e. The lowest BCUT2D eigenvalue weighted by Gasteiger charge is -2.39. The molecule has 1 spiro atoms. The zero-order valence-corrected chi connectivity index (χ0v) is 22.7. The van der Waals surface area contributed by atoms with Crippen molar-refractivity contribution in [2.24, 2.45) is 5.41 Å². The van der Waals surface area contributed by atoms with Crippen molar-refractivity contribution in [3.05, 3.63) is 69.2 Å². The number of nitrogens with one attached hydrogen (secondary N) is 1. The Balaban J connectivity index is 1.41. The molecule has 2 aliphatic heterocycles. The van der Waals surface area contributed by atoms with Crippen LogP contribution in [-0.2, 0) is 4.79 Å². The number of nitro benzene ring substituents is 1. The largest absolute Gasteiger partial charge is 0.480 e. The van der Waals surface area contributed by atoms with Crippen molar-refractivity contribution in [2.45, 2.75) is 37.6 Å². The maximum absolute atomic E-state index is 14.5. The van der Waals surface area contributed by atoms with Crippen molar-refractivity contribution < 1.29 is 32.7 Å². The average Bonchev–Trinajstić information content (AvgIpc) is 3.35. The van der Waals surface area contributed by atoms with Crippen LogP contribution in [0.5, 0.6) is 5.88 Å². The summed E-state index contributed by atoms with van der Waals surface area (Å²) in [5.74, 6) is -1.26. The number of halogens is 4. The van der Waals surface area contributed by atoms with Crippen molar-refractivity contribution in [3.8, 4) is 17.0 Å². The van der Waals surface area contributed by atoms with Crippen LogP contribution in [0.25, 0.3) is 11.1 Å². The molecule has 0 bridgehead atoms. The summed E-state index contributed by atoms with van der Waals surface area (Å²) in [7, 11) is 0. The molecule has 0 aliphatic carbocycles. The van der Waals surface area contributed by atoms with Gasteiger partial charge >= 0.3 is 12.1 Å². The van der Waals surface area contributed by atoms with E-state index < -0.39 is 35.1 Å². The summed E-state index contributed by atoms with van der Waals surface area (Å²) >= 11 is 6.12. The van der Waals surface area contributed by atoms with E-state index in [1.54, 1.807) is 0 Å². The van der Waals surface area contributed by atoms with Gasteiger partial charge in [0.15, 0.2) is 0 Å². The van der Waals surface area contributed by atoms with E-state index in [0.717, 1.165) is 0 Å². The number of piperidine rings is 1. The molecule has 15 heteroatoms. The minimum atomic E-state index is -4.89. The number of carboxylic acid groups (broad SMARTS) is 1. The molecule has 0 saturated carbocycles. The summed E-state index contributed by atoms with van der Waals surface area (Å²) in [5.41, 5.74) is 5.55. The van der Waals surface area contributed by atoms with E-state index in [-0.39, 0.29) is 38.8 Å². The standard InChI is InChI=1S/C27H26ClF3N6O5/c28-16-3-6-18(19(11-16)15-1-4-17(5-2-15)37(40)41)23(27(29,30)31)42-22-12-21(34-25(32)35-22)36-9-7-26(8-10-36)13-20(24(38)39)33-14-26/h1-6,11-12,20,23,33H,7-10,13-14H2,(H,38,39)(H2,32,34,35)/t20?,23-/m1/s1. The number of nitro groups is 1. The fourth-order valence-electron chi connectivity index (χ4n) is 5.53. The number of carboxylic acids is 1. The highest BCUT2D eigenvalue weighted by atomic mass is 35.5. The van der Waals surface area contributed by atoms with Gasteiger partial charge in [0, 0.05) is 48.4 Å². The number of anilines is 2. The third kappa shape index (κ3) is 6.19. The molecule has 3 heterocycles. The molecule has 2 aliphatic rings. The van der Waals surface area contributed by atoms with E-state index in [0.29, 0.717) is 44.7 Å². The van der Waals surface area contributed by atoms with Crippen molar-refractivity contribution in [3.63, 3.8) is 0 Å². The molecule has 1 aromatic heterocycles. The summed E-state index contributed by atoms with van der Waals surface area (Å²) in [6.45, 7) is 1.56. The van der Waals surface area contributed by atoms with Crippen molar-refractivity contribution in [1.82, 2.24) is 15.3 Å². The number of carbonyl (C=O) groups is 1. The molecule has 2 saturated heterocycles. The number of nitrogens with two attached hydrogens (primary N) is 1. The summed E-state index contributed by atoms with van der Waals surface area (Å²) in [6, 6.07) is 9.55. The van der Waals surface area contributed by atoms with Crippen LogP contribution in [0.1, 0.15) is 30.9 Å². The summed E-state index contributed by atoms with van der Waals surface area (Å²) in [4.78, 5) is 31.8. The van der Waals surface area contributed by atoms with E-state index >= 15 is 0 Å². The molecule has 3 aromatic rings. The van der Waals surface area contributed by atoms with Crippen LogP contribution in [0, 0.1) is 15.5 Å². The second-order valence-corrected chi connectivity index (χ2v) is 10.9. The number of alkyl halides is 3. The maximum atomic E-state index is 14.5. The van der Waals surface area contributed by atoms with Gasteiger partial charge in [0.2, 0.25) is 17.9 Å². The van der Waals surface area contributed by atoms with Gasteiger partial charge in [-0.15, -0.1) is 0 Å². The zero-order chi connectivity index (χ0) is 30.2. The summed E-state index contributed by atoms with van der Waals surface area (Å²) < 4.78 is 48.9. The number of benzene rings is 2. The Bertz CT molecular complexity index is 1500. The van der Waals surface area contributed by atoms with E-state index in [1.807, 2.05) is 4.90 Å². The fourth-order valence-corrected chi connectivity index (χ4v) is 5.70. The lowest BCUT2D eigenvalue weighted by atomic mass is 9.76. The SMILES string of the molecule is Nc1nc(O[C@H](c2ccc(Cl)cc2-c2ccc([N+](=O)[O-])cc2)C(F)(F)F)cc(N2CCC3(CC2)CNC(C(=O)O)C3)n1. The average molecular weight is 607 g/mol. The topological polar surface area (TPSA) is 157 Å². The number of non-ortho nitro benzene ring substituents is 1. The number of rotatable bonds is 7. The molecular weight excluding hydrogens is 581 g/mol. The van der Waals surface area contributed by atoms with Crippen LogP contribution in [0.15, 0.2) is 48.5 Å². The van der Waals surface area contributed by atoms with E-state index in [9.17, 15) is 33.2 Å². The number of ether oxygens (including phenoxy) is 1. The number of aromatic nitrogens is 2. The molecule has 4 N–H and O–H groups in total. The van der Waals surface area contributed by atoms with Gasteiger partial charge in [-0.25, -0.2) is 0 Å². The first-order valence-corrected chi connectivity index (χ1v) is 13.3. The van der Waals surface area contributed by atoms with Gasteiger partial charge in [-0.05, 0) is 60.1 Å². The number of aliphatic carboxylic acids is 1. The van der Waals surface area contributed by atoms with Gasteiger partial charge in [0.1, 0.15) is 11.9 Å². The monoisotopic (exact) mass is 606 g/mol. The lowest BCUT2D eigenvalue weighted by Crippen LogP contribution is -2.41. The Labute approximate surface area is 242 Å². The first kappa shape index (κ1) is 29.3. The Morgan fingerprint density at radius 1 is 1.19 bits per heavy atom. The molecule has 42 heavy (non-hydrogen) atoms. The van der Waals surface area contributed by atoms with Gasteiger partial charge in [-0.2, -0.15) is 23.1 Å². The molecule has 11 nitrogen and oxygen atoms in total. The molecule has 1 unspecified atom stereocenters. The Morgan fingerprint density at radius 3 is 2.48 bits per heavy atom. The molecule has 2 atom stereocenters. The van der Waals surface area contributed by atoms with Crippen LogP contribution < -0.4 is 20.7 Å². The van der Waals surface area contributed by atoms with Crippen molar-refractivity contribution in [2.75, 3.05) is 30.3 Å². The van der Waals surface area contributed by atoms with Crippen LogP contribution >= 0.6 is 11.6 Å². The predicted molar refractivity (Wildman–Crippen MR) is 147 cm³/mol. The number of hydrogen-bond donors (Lipinski definition) is 3. The van der Waals surface area contributed by atoms with Gasteiger partial charge in [-0.3, -0.25) is 14.9 Å². The predicted octanol–water partition coefficient (Wildman–Crippen LogP) is 5.00. The molecule has 0 amide bonds. The van der Waals surface area contributed by atoms with Gasteiger partial charge < -0.3 is 25.8 Å². The Hall–Kier alpha value is -4.17. The number of nitrogen functional groups attached to an aromatic ring is 1. The number of hydrogen-bond acceptors (Lipinski definition) is 9. The van der Waals surface area contributed by atoms with Crippen molar-refractivity contribution >= 4 is 35.0 Å². The first-order valence-electron chi connectivity index (χ1n) is 13.0. The highest BCUT2D eigenvalue weighted by molar-refractivity contribution is 6.30. The van der Waals surface area contributed by atoms with Crippen LogP contribution in [0.2, 0.25) is 5.02 Å². The van der Waals surface area contributed by atoms with Gasteiger partial charge in [-0.1, -0.05) is 17.7 Å². The first-order chi connectivity index (χ1) is 19.8. The molecular formula is C27H26ClF3N6O5. The van der Waals surface area contributed by atoms with E-state index in [4.69, 9.17) is 22.1 Å². The molecule has 2 fully saturated rings. The lowest BCUT2D eigenvalue weighted by molar-refractivity contribution is -0.384. The summed E-state index contributed by atoms with van der Waals surface area (Å²) in [6.07, 6.45) is -5.54. The number of nitrogens with zero attached hydrogens (tertiary/aromatic N) is 4. The second-order valence-electron chi connectivity index (χ2n) is 10.5. The highest BCUT2D eigenvalue weighted by Crippen LogP contribution is 2.43. The van der Waals surface area contributed by atoms with Gasteiger partial charge in [0.25, 0.3) is 5.69 Å². The van der Waals surface area contributed by atoms with Crippen LogP contribution in [0.4, 0.5) is 30.6 Å².